The summed E-state index contributed by atoms with van der Waals surface area (Å²) in [6, 6.07) is 33.1. The minimum absolute atomic E-state index is 0.0283. The maximum atomic E-state index is 13.8. The van der Waals surface area contributed by atoms with Gasteiger partial charge in [0.1, 0.15) is 11.0 Å². The lowest BCUT2D eigenvalue weighted by atomic mass is 9.83. The fraction of sp³-hybridized carbons (Fsp3) is 0.385. The molecule has 0 saturated heterocycles. The molecule has 2 aromatic heterocycles. The molecule has 80 heavy (non-hydrogen) atoms. The SMILES string of the molecule is CCc1cccc(CC)c1C(=O)Cl.CCc1cccc(CC)c1C(=O)N1CCc2ccc(C(CC(=O)O)c3ccc4c(nnn4CC)c3C)cc2C1.CCn1nnc2c(C)c(C(CC(=O)OC)c3ccc4c(c3)CNCC4)ccc21. The van der Waals surface area contributed by atoms with Crippen molar-refractivity contribution in [2.75, 3.05) is 20.2 Å². The van der Waals surface area contributed by atoms with Gasteiger partial charge in [-0.1, -0.05) is 123 Å². The van der Waals surface area contributed by atoms with E-state index in [0.717, 1.165) is 154 Å². The molecule has 10 rings (SSSR count). The van der Waals surface area contributed by atoms with E-state index in [4.69, 9.17) is 16.3 Å². The van der Waals surface area contributed by atoms with Gasteiger partial charge in [0, 0.05) is 55.7 Å². The van der Waals surface area contributed by atoms with E-state index in [2.05, 4.69) is 114 Å². The number of aromatic nitrogens is 6. The average molecular weight is 1100 g/mol. The molecule has 2 atom stereocenters. The molecule has 6 aromatic carbocycles. The van der Waals surface area contributed by atoms with Crippen LogP contribution >= 0.6 is 11.6 Å². The van der Waals surface area contributed by atoms with Crippen LogP contribution in [0.25, 0.3) is 22.1 Å². The first kappa shape index (κ1) is 58.6. The Morgan fingerprint density at radius 2 is 1.11 bits per heavy atom. The number of methoxy groups -OCH3 is 1. The Labute approximate surface area is 474 Å². The summed E-state index contributed by atoms with van der Waals surface area (Å²) in [5.41, 5.74) is 20.6. The third-order valence-corrected chi connectivity index (χ3v) is 16.3. The predicted molar refractivity (Wildman–Crippen MR) is 316 cm³/mol. The van der Waals surface area contributed by atoms with Crippen LogP contribution in [0.1, 0.15) is 165 Å². The Hall–Kier alpha value is -7.55. The highest BCUT2D eigenvalue weighted by atomic mass is 35.5. The van der Waals surface area contributed by atoms with Gasteiger partial charge >= 0.3 is 11.9 Å². The van der Waals surface area contributed by atoms with E-state index in [-0.39, 0.29) is 35.4 Å². The van der Waals surface area contributed by atoms with Crippen molar-refractivity contribution in [3.63, 3.8) is 0 Å². The lowest BCUT2D eigenvalue weighted by Crippen LogP contribution is -2.37. The zero-order valence-corrected chi connectivity index (χ0v) is 48.5. The number of benzene rings is 6. The van der Waals surface area contributed by atoms with Crippen LogP contribution in [0.15, 0.2) is 97.1 Å². The van der Waals surface area contributed by atoms with E-state index in [1.807, 2.05) is 78.4 Å². The molecule has 0 radical (unpaired) electrons. The lowest BCUT2D eigenvalue weighted by molar-refractivity contribution is -0.141. The van der Waals surface area contributed by atoms with Gasteiger partial charge in [-0.3, -0.25) is 19.2 Å². The van der Waals surface area contributed by atoms with E-state index in [0.29, 0.717) is 25.1 Å². The zero-order chi connectivity index (χ0) is 57.2. The number of carboxylic acids is 1. The molecule has 4 heterocycles. The quantitative estimate of drug-likeness (QED) is 0.0696. The molecule has 14 nitrogen and oxygen atoms in total. The average Bonchev–Trinajstić information content (AvgIpc) is 4.22. The molecule has 0 spiro atoms. The summed E-state index contributed by atoms with van der Waals surface area (Å²) in [6.07, 6.45) is 5.43. The van der Waals surface area contributed by atoms with Crippen molar-refractivity contribution in [1.82, 2.24) is 40.2 Å². The molecule has 1 amide bonds. The highest BCUT2D eigenvalue weighted by molar-refractivity contribution is 6.68. The van der Waals surface area contributed by atoms with Gasteiger partial charge in [-0.2, -0.15) is 0 Å². The Morgan fingerprint density at radius 1 is 0.625 bits per heavy atom. The Balaban J connectivity index is 0.000000178. The fourth-order valence-electron chi connectivity index (χ4n) is 11.7. The normalized spacial score (nSPS) is 13.6. The number of aryl methyl sites for hydroxylation is 8. The first-order valence-corrected chi connectivity index (χ1v) is 28.6. The summed E-state index contributed by atoms with van der Waals surface area (Å²) in [6.45, 7) is 21.0. The molecular weight excluding hydrogens is 1020 g/mol. The summed E-state index contributed by atoms with van der Waals surface area (Å²) in [4.78, 5) is 51.1. The van der Waals surface area contributed by atoms with Crippen molar-refractivity contribution in [3.05, 3.63) is 186 Å². The zero-order valence-electron chi connectivity index (χ0n) is 47.8. The number of hydrogen-bond donors (Lipinski definition) is 2. The monoisotopic (exact) mass is 1100 g/mol. The molecule has 2 aliphatic rings. The molecule has 0 aliphatic carbocycles. The second-order valence-electron chi connectivity index (χ2n) is 20.6. The van der Waals surface area contributed by atoms with Crippen LogP contribution in [-0.2, 0) is 79.0 Å². The van der Waals surface area contributed by atoms with Gasteiger partial charge < -0.3 is 20.1 Å². The minimum Gasteiger partial charge on any atom is -0.481 e. The van der Waals surface area contributed by atoms with Crippen LogP contribution in [0.5, 0.6) is 0 Å². The van der Waals surface area contributed by atoms with Gasteiger partial charge in [-0.25, -0.2) is 9.36 Å². The van der Waals surface area contributed by atoms with E-state index < -0.39 is 5.97 Å². The number of rotatable bonds is 16. The third-order valence-electron chi connectivity index (χ3n) is 16.2. The standard InChI is InChI=1S/C32H36N4O3.C22H26N4O2.C11H13ClO/c1-5-21-9-8-10-22(6-2)30(21)32(39)35-16-15-23-11-12-24(17-25(23)19-35)27(18-29(37)38)26-13-14-28-31(20(26)4)33-34-36(28)7-3;1-4-26-20-8-7-18(14(2)22(20)24-25-26)19(12-21(27)28-3)16-6-5-15-9-10-23-13-17(15)11-16;1-3-8-6-5-7-9(4-2)10(8)11(12)13/h8-14,17,27H,5-7,15-16,18-19H2,1-4H3,(H,37,38);5-8,11,19,23H,4,9-10,12-13H2,1-3H3;5-7H,3-4H2,1-2H3. The first-order valence-electron chi connectivity index (χ1n) is 28.3. The Kier molecular flexibility index (Phi) is 19.5. The van der Waals surface area contributed by atoms with Crippen LogP contribution in [-0.4, -0.2) is 83.3 Å². The topological polar surface area (TPSA) is 174 Å². The number of halogens is 1. The van der Waals surface area contributed by atoms with Crippen LogP contribution in [0.3, 0.4) is 0 Å². The highest BCUT2D eigenvalue weighted by Crippen LogP contribution is 2.37. The fourth-order valence-corrected chi connectivity index (χ4v) is 11.9. The molecule has 0 fully saturated rings. The second-order valence-corrected chi connectivity index (χ2v) is 21.0. The summed E-state index contributed by atoms with van der Waals surface area (Å²) in [7, 11) is 1.44. The van der Waals surface area contributed by atoms with Crippen molar-refractivity contribution in [3.8, 4) is 0 Å². The number of carbonyl (C=O) groups is 4. The van der Waals surface area contributed by atoms with Crippen molar-refractivity contribution in [1.29, 1.82) is 0 Å². The van der Waals surface area contributed by atoms with Gasteiger partial charge in [-0.05, 0) is 174 Å². The minimum atomic E-state index is -0.852. The van der Waals surface area contributed by atoms with Crippen molar-refractivity contribution in [2.45, 2.75) is 145 Å². The third kappa shape index (κ3) is 12.6. The summed E-state index contributed by atoms with van der Waals surface area (Å²) in [5, 5.41) is 30.2. The number of nitrogens with zero attached hydrogens (tertiary/aromatic N) is 7. The largest absolute Gasteiger partial charge is 0.481 e. The first-order chi connectivity index (χ1) is 38.7. The van der Waals surface area contributed by atoms with E-state index in [1.165, 1.54) is 23.8 Å². The predicted octanol–water partition coefficient (Wildman–Crippen LogP) is 12.0. The maximum absolute atomic E-state index is 13.8. The number of carboxylic acid groups (broad SMARTS) is 1. The smallest absolute Gasteiger partial charge is 0.306 e. The number of ether oxygens (including phenoxy) is 1. The maximum Gasteiger partial charge on any atom is 0.306 e. The molecule has 2 unspecified atom stereocenters. The Morgan fingerprint density at radius 3 is 1.59 bits per heavy atom. The van der Waals surface area contributed by atoms with Crippen LogP contribution in [0.2, 0.25) is 0 Å². The van der Waals surface area contributed by atoms with Gasteiger partial charge in [-0.15, -0.1) is 10.2 Å². The number of nitrogens with one attached hydrogen (secondary N) is 1. The number of carbonyl (C=O) groups excluding carboxylic acids is 3. The summed E-state index contributed by atoms with van der Waals surface area (Å²) < 4.78 is 8.75. The van der Waals surface area contributed by atoms with Gasteiger partial charge in [0.05, 0.1) is 31.0 Å². The van der Waals surface area contributed by atoms with E-state index in [1.54, 1.807) is 0 Å². The second kappa shape index (κ2) is 26.6. The van der Waals surface area contributed by atoms with Crippen LogP contribution < -0.4 is 5.32 Å². The van der Waals surface area contributed by atoms with Crippen molar-refractivity contribution >= 4 is 56.8 Å². The van der Waals surface area contributed by atoms with E-state index >= 15 is 0 Å². The number of fused-ring (bicyclic) bond motifs is 4. The molecule has 15 heteroatoms. The number of amides is 1. The molecule has 2 aliphatic heterocycles. The molecule has 8 aromatic rings. The number of hydrogen-bond acceptors (Lipinski definition) is 10. The molecule has 2 N–H and O–H groups in total. The van der Waals surface area contributed by atoms with Gasteiger partial charge in [0.15, 0.2) is 0 Å². The van der Waals surface area contributed by atoms with Crippen molar-refractivity contribution < 1.29 is 29.0 Å². The summed E-state index contributed by atoms with van der Waals surface area (Å²) in [5.74, 6) is -1.38. The number of aliphatic carboxylic acids is 1. The van der Waals surface area contributed by atoms with E-state index in [9.17, 15) is 24.3 Å². The molecule has 418 valence electrons. The van der Waals surface area contributed by atoms with Crippen LogP contribution in [0.4, 0.5) is 0 Å². The van der Waals surface area contributed by atoms with Crippen LogP contribution in [0, 0.1) is 13.8 Å². The van der Waals surface area contributed by atoms with Crippen molar-refractivity contribution in [2.24, 2.45) is 0 Å². The van der Waals surface area contributed by atoms with Gasteiger partial charge in [0.2, 0.25) is 0 Å². The molecular formula is C65H75ClN8O6. The lowest BCUT2D eigenvalue weighted by Gasteiger charge is -2.31. The Bertz CT molecular complexity index is 3520. The highest BCUT2D eigenvalue weighted by Gasteiger charge is 2.29. The van der Waals surface area contributed by atoms with Gasteiger partial charge in [0.25, 0.3) is 11.1 Å². The number of esters is 1. The molecule has 0 saturated carbocycles. The molecule has 0 bridgehead atoms. The summed E-state index contributed by atoms with van der Waals surface area (Å²) >= 11 is 5.53.